The summed E-state index contributed by atoms with van der Waals surface area (Å²) in [5.74, 6) is -0.855. The van der Waals surface area contributed by atoms with Crippen molar-refractivity contribution >= 4 is 22.7 Å². The molecule has 2 aromatic rings. The number of nitrogens with one attached hydrogen (secondary N) is 1. The molecular formula is C19H25N3O2. The van der Waals surface area contributed by atoms with E-state index in [-0.39, 0.29) is 11.8 Å². The normalized spacial score (nSPS) is 12.3. The molecule has 24 heavy (non-hydrogen) atoms. The molecule has 1 aromatic heterocycles. The molecule has 0 fully saturated rings. The van der Waals surface area contributed by atoms with E-state index in [0.717, 1.165) is 30.3 Å². The van der Waals surface area contributed by atoms with E-state index >= 15 is 0 Å². The van der Waals surface area contributed by atoms with Gasteiger partial charge in [-0.15, -0.1) is 6.58 Å². The van der Waals surface area contributed by atoms with Gasteiger partial charge in [-0.05, 0) is 24.8 Å². The van der Waals surface area contributed by atoms with Crippen molar-refractivity contribution in [1.82, 2.24) is 9.88 Å². The first-order valence-corrected chi connectivity index (χ1v) is 8.24. The van der Waals surface area contributed by atoms with Crippen molar-refractivity contribution in [2.24, 2.45) is 11.7 Å². The van der Waals surface area contributed by atoms with Crippen molar-refractivity contribution in [3.05, 3.63) is 48.7 Å². The monoisotopic (exact) mass is 327 g/mol. The minimum Gasteiger partial charge on any atom is -0.368 e. The minimum absolute atomic E-state index is 0.0626. The van der Waals surface area contributed by atoms with Gasteiger partial charge in [0.25, 0.3) is 5.91 Å². The quantitative estimate of drug-likeness (QED) is 0.578. The van der Waals surface area contributed by atoms with Crippen LogP contribution in [0.15, 0.2) is 43.1 Å². The second-order valence-corrected chi connectivity index (χ2v) is 6.28. The highest BCUT2D eigenvalue weighted by Crippen LogP contribution is 2.22. The summed E-state index contributed by atoms with van der Waals surface area (Å²) in [5.41, 5.74) is 6.97. The van der Waals surface area contributed by atoms with E-state index in [1.807, 2.05) is 50.4 Å². The molecule has 2 rings (SSSR count). The Balaban J connectivity index is 2.32. The number of carbonyl (C=O) groups excluding carboxylic acids is 2. The Bertz CT molecular complexity index is 746. The molecule has 5 heteroatoms. The van der Waals surface area contributed by atoms with Crippen LogP contribution in [0.5, 0.6) is 0 Å². The number of carbonyl (C=O) groups is 2. The van der Waals surface area contributed by atoms with E-state index in [1.165, 1.54) is 0 Å². The molecule has 0 spiro atoms. The number of hydrogen-bond donors (Lipinski definition) is 2. The third-order valence-corrected chi connectivity index (χ3v) is 4.10. The van der Waals surface area contributed by atoms with Crippen LogP contribution >= 0.6 is 0 Å². The van der Waals surface area contributed by atoms with E-state index in [2.05, 4.69) is 16.5 Å². The van der Waals surface area contributed by atoms with Gasteiger partial charge in [0.1, 0.15) is 6.04 Å². The van der Waals surface area contributed by atoms with Crippen LogP contribution in [0.3, 0.4) is 0 Å². The maximum Gasteiger partial charge on any atom is 0.254 e. The van der Waals surface area contributed by atoms with Crippen LogP contribution in [0.1, 0.15) is 37.0 Å². The van der Waals surface area contributed by atoms with Crippen molar-refractivity contribution in [2.75, 3.05) is 0 Å². The maximum atomic E-state index is 12.7. The molecule has 1 aromatic carbocycles. The molecule has 3 N–H and O–H groups in total. The van der Waals surface area contributed by atoms with E-state index < -0.39 is 11.9 Å². The third-order valence-electron chi connectivity index (χ3n) is 4.10. The lowest BCUT2D eigenvalue weighted by molar-refractivity contribution is -0.120. The second kappa shape index (κ2) is 7.81. The molecule has 0 bridgehead atoms. The fourth-order valence-electron chi connectivity index (χ4n) is 2.80. The molecule has 0 aliphatic rings. The first-order valence-electron chi connectivity index (χ1n) is 8.24. The number of benzene rings is 1. The van der Waals surface area contributed by atoms with Crippen LogP contribution in [0.2, 0.25) is 0 Å². The molecule has 0 saturated heterocycles. The van der Waals surface area contributed by atoms with E-state index in [0.29, 0.717) is 5.56 Å². The molecular weight excluding hydrogens is 302 g/mol. The van der Waals surface area contributed by atoms with Gasteiger partial charge in [0.2, 0.25) is 5.91 Å². The van der Waals surface area contributed by atoms with Crippen molar-refractivity contribution in [3.8, 4) is 0 Å². The van der Waals surface area contributed by atoms with Crippen molar-refractivity contribution < 1.29 is 9.59 Å². The van der Waals surface area contributed by atoms with Gasteiger partial charge >= 0.3 is 0 Å². The Kier molecular flexibility index (Phi) is 5.79. The highest BCUT2D eigenvalue weighted by molar-refractivity contribution is 6.08. The summed E-state index contributed by atoms with van der Waals surface area (Å²) in [6.07, 6.45) is 5.62. The number of allylic oxidation sites excluding steroid dienone is 1. The number of primary amides is 1. The summed E-state index contributed by atoms with van der Waals surface area (Å²) in [5, 5.41) is 3.64. The number of fused-ring (bicyclic) bond motifs is 1. The van der Waals surface area contributed by atoms with E-state index in [9.17, 15) is 9.59 Å². The second-order valence-electron chi connectivity index (χ2n) is 6.28. The summed E-state index contributed by atoms with van der Waals surface area (Å²) >= 11 is 0. The summed E-state index contributed by atoms with van der Waals surface area (Å²) < 4.78 is 2.07. The lowest BCUT2D eigenvalue weighted by Crippen LogP contribution is -2.47. The van der Waals surface area contributed by atoms with Gasteiger partial charge in [0.05, 0.1) is 5.56 Å². The minimum atomic E-state index is -0.680. The van der Waals surface area contributed by atoms with E-state index in [4.69, 9.17) is 5.73 Å². The number of nitrogens with two attached hydrogens (primary N) is 1. The van der Waals surface area contributed by atoms with Crippen molar-refractivity contribution in [1.29, 1.82) is 0 Å². The fraction of sp³-hybridized carbons (Fsp3) is 0.368. The zero-order valence-corrected chi connectivity index (χ0v) is 14.3. The van der Waals surface area contributed by atoms with Crippen LogP contribution in [-0.4, -0.2) is 22.4 Å². The Hall–Kier alpha value is -2.56. The zero-order valence-electron chi connectivity index (χ0n) is 14.3. The topological polar surface area (TPSA) is 77.1 Å². The number of rotatable bonds is 8. The number of amides is 2. The molecule has 5 nitrogen and oxygen atoms in total. The number of aryl methyl sites for hydroxylation is 1. The highest BCUT2D eigenvalue weighted by atomic mass is 16.2. The van der Waals surface area contributed by atoms with Gasteiger partial charge in [-0.3, -0.25) is 9.59 Å². The van der Waals surface area contributed by atoms with Crippen LogP contribution < -0.4 is 11.1 Å². The smallest absolute Gasteiger partial charge is 0.254 e. The highest BCUT2D eigenvalue weighted by Gasteiger charge is 2.24. The standard InChI is InChI=1S/C19H25N3O2/c1-4-5-8-11-22-12-15(14-9-6-7-10-16(14)22)19(24)21-17(13(2)3)18(20)23/h4,6-7,9-10,12-13,17H,1,5,8,11H2,2-3H3,(H2,20,23)(H,21,24). The summed E-state index contributed by atoms with van der Waals surface area (Å²) in [7, 11) is 0. The Morgan fingerprint density at radius 1 is 1.33 bits per heavy atom. The zero-order chi connectivity index (χ0) is 17.7. The van der Waals surface area contributed by atoms with Gasteiger partial charge < -0.3 is 15.6 Å². The maximum absolute atomic E-state index is 12.7. The summed E-state index contributed by atoms with van der Waals surface area (Å²) in [6, 6.07) is 7.09. The SMILES string of the molecule is C=CCCCn1cc(C(=O)NC(C(N)=O)C(C)C)c2ccccc21. The lowest BCUT2D eigenvalue weighted by atomic mass is 10.0. The average Bonchev–Trinajstić information content (AvgIpc) is 2.91. The number of para-hydroxylation sites is 1. The Labute approximate surface area is 142 Å². The molecule has 1 heterocycles. The molecule has 0 saturated carbocycles. The van der Waals surface area contributed by atoms with Crippen LogP contribution in [0.4, 0.5) is 0 Å². The summed E-state index contributed by atoms with van der Waals surface area (Å²) in [6.45, 7) is 8.26. The largest absolute Gasteiger partial charge is 0.368 e. The number of nitrogens with zero attached hydrogens (tertiary/aromatic N) is 1. The summed E-state index contributed by atoms with van der Waals surface area (Å²) in [4.78, 5) is 24.2. The van der Waals surface area contributed by atoms with Crippen molar-refractivity contribution in [2.45, 2.75) is 39.3 Å². The Morgan fingerprint density at radius 2 is 2.04 bits per heavy atom. The predicted octanol–water partition coefficient (Wildman–Crippen LogP) is 2.85. The van der Waals surface area contributed by atoms with Gasteiger partial charge in [-0.2, -0.15) is 0 Å². The average molecular weight is 327 g/mol. The molecule has 128 valence electrons. The number of hydrogen-bond acceptors (Lipinski definition) is 2. The van der Waals surface area contributed by atoms with E-state index in [1.54, 1.807) is 0 Å². The molecule has 2 amide bonds. The lowest BCUT2D eigenvalue weighted by Gasteiger charge is -2.18. The fourth-order valence-corrected chi connectivity index (χ4v) is 2.80. The third kappa shape index (κ3) is 3.85. The molecule has 0 aliphatic heterocycles. The van der Waals surface area contributed by atoms with Gasteiger partial charge in [-0.25, -0.2) is 0 Å². The Morgan fingerprint density at radius 3 is 2.67 bits per heavy atom. The van der Waals surface area contributed by atoms with Gasteiger partial charge in [0.15, 0.2) is 0 Å². The first-order chi connectivity index (χ1) is 11.5. The predicted molar refractivity (Wildman–Crippen MR) is 96.7 cm³/mol. The van der Waals surface area contributed by atoms with Gasteiger partial charge in [-0.1, -0.05) is 38.1 Å². The van der Waals surface area contributed by atoms with Crippen LogP contribution in [-0.2, 0) is 11.3 Å². The molecule has 0 aliphatic carbocycles. The van der Waals surface area contributed by atoms with Gasteiger partial charge in [0, 0.05) is 23.6 Å². The molecule has 1 unspecified atom stereocenters. The molecule has 1 atom stereocenters. The first kappa shape index (κ1) is 17.8. The van der Waals surface area contributed by atoms with Crippen LogP contribution in [0.25, 0.3) is 10.9 Å². The van der Waals surface area contributed by atoms with Crippen LogP contribution in [0, 0.1) is 5.92 Å². The molecule has 0 radical (unpaired) electrons. The number of unbranched alkanes of at least 4 members (excludes halogenated alkanes) is 1. The van der Waals surface area contributed by atoms with Crippen molar-refractivity contribution in [3.63, 3.8) is 0 Å². The number of aromatic nitrogens is 1.